The average molecular weight is 448 g/mol. The summed E-state index contributed by atoms with van der Waals surface area (Å²) in [5.41, 5.74) is 0.580. The molecule has 0 spiro atoms. The number of nitrogens with zero attached hydrogens (tertiary/aromatic N) is 2. The minimum atomic E-state index is -1.02. The van der Waals surface area contributed by atoms with Crippen molar-refractivity contribution in [3.63, 3.8) is 0 Å². The predicted octanol–water partition coefficient (Wildman–Crippen LogP) is 3.58. The number of hydrogen-bond acceptors (Lipinski definition) is 7. The van der Waals surface area contributed by atoms with Crippen LogP contribution in [0.4, 0.5) is 10.1 Å². The van der Waals surface area contributed by atoms with Crippen LogP contribution < -0.4 is 19.1 Å². The maximum Gasteiger partial charge on any atom is 0.300 e. The SMILES string of the molecule is COc1ccc(F)cc1/C(O)=C1\C(=O)C(=O)N(c2ccc3c(c2)OCO3)C1c1cccnc1. The third-order valence-corrected chi connectivity index (χ3v) is 5.50. The second-order valence-electron chi connectivity index (χ2n) is 7.34. The van der Waals surface area contributed by atoms with Gasteiger partial charge in [-0.2, -0.15) is 0 Å². The van der Waals surface area contributed by atoms with Crippen molar-refractivity contribution in [1.29, 1.82) is 0 Å². The highest BCUT2D eigenvalue weighted by Crippen LogP contribution is 2.45. The van der Waals surface area contributed by atoms with Crippen molar-refractivity contribution in [3.05, 3.63) is 83.4 Å². The largest absolute Gasteiger partial charge is 0.507 e. The average Bonchev–Trinajstić information content (AvgIpc) is 3.41. The summed E-state index contributed by atoms with van der Waals surface area (Å²) in [5, 5.41) is 11.2. The van der Waals surface area contributed by atoms with Gasteiger partial charge in [0.15, 0.2) is 11.5 Å². The highest BCUT2D eigenvalue weighted by Gasteiger charge is 2.47. The lowest BCUT2D eigenvalue weighted by molar-refractivity contribution is -0.132. The number of Topliss-reactive ketones (excluding diaryl/α,β-unsaturated/α-hetero) is 1. The molecule has 0 radical (unpaired) electrons. The van der Waals surface area contributed by atoms with Crippen molar-refractivity contribution in [1.82, 2.24) is 4.98 Å². The smallest absolute Gasteiger partial charge is 0.300 e. The van der Waals surface area contributed by atoms with E-state index in [9.17, 15) is 19.1 Å². The Morgan fingerprint density at radius 3 is 2.73 bits per heavy atom. The first-order chi connectivity index (χ1) is 16.0. The van der Waals surface area contributed by atoms with Gasteiger partial charge in [-0.25, -0.2) is 4.39 Å². The molecule has 1 saturated heterocycles. The first-order valence-corrected chi connectivity index (χ1v) is 9.94. The van der Waals surface area contributed by atoms with Crippen molar-refractivity contribution >= 4 is 23.1 Å². The topological polar surface area (TPSA) is 98.2 Å². The molecule has 2 aliphatic heterocycles. The number of aliphatic hydroxyl groups excluding tert-OH is 1. The zero-order chi connectivity index (χ0) is 23.1. The van der Waals surface area contributed by atoms with Crippen LogP contribution in [-0.4, -0.2) is 35.7 Å². The number of fused-ring (bicyclic) bond motifs is 1. The number of rotatable bonds is 4. The van der Waals surface area contributed by atoms with Crippen LogP contribution >= 0.6 is 0 Å². The van der Waals surface area contributed by atoms with Crippen LogP contribution in [0.15, 0.2) is 66.5 Å². The zero-order valence-electron chi connectivity index (χ0n) is 17.3. The molecule has 166 valence electrons. The molecule has 1 atom stereocenters. The first kappa shape index (κ1) is 20.5. The number of methoxy groups -OCH3 is 1. The molecule has 0 saturated carbocycles. The third-order valence-electron chi connectivity index (χ3n) is 5.50. The number of pyridine rings is 1. The number of ketones is 1. The van der Waals surface area contributed by atoms with E-state index in [0.717, 1.165) is 6.07 Å². The van der Waals surface area contributed by atoms with E-state index in [0.29, 0.717) is 22.7 Å². The molecule has 1 fully saturated rings. The van der Waals surface area contributed by atoms with E-state index in [1.807, 2.05) is 0 Å². The maximum atomic E-state index is 14.0. The van der Waals surface area contributed by atoms with Crippen LogP contribution in [0.2, 0.25) is 0 Å². The maximum absolute atomic E-state index is 14.0. The summed E-state index contributed by atoms with van der Waals surface area (Å²) >= 11 is 0. The number of aliphatic hydroxyl groups is 1. The zero-order valence-corrected chi connectivity index (χ0v) is 17.3. The Morgan fingerprint density at radius 2 is 1.97 bits per heavy atom. The van der Waals surface area contributed by atoms with Crippen LogP contribution in [0.1, 0.15) is 17.2 Å². The third kappa shape index (κ3) is 3.34. The highest BCUT2D eigenvalue weighted by molar-refractivity contribution is 6.51. The molecular weight excluding hydrogens is 431 g/mol. The molecule has 0 aliphatic carbocycles. The van der Waals surface area contributed by atoms with Gasteiger partial charge in [-0.05, 0) is 42.0 Å². The van der Waals surface area contributed by atoms with E-state index in [-0.39, 0.29) is 23.7 Å². The normalized spacial score (nSPS) is 18.6. The summed E-state index contributed by atoms with van der Waals surface area (Å²) in [6.45, 7) is 0.0446. The van der Waals surface area contributed by atoms with Gasteiger partial charge in [0.05, 0.1) is 24.3 Å². The highest BCUT2D eigenvalue weighted by atomic mass is 19.1. The number of carbonyl (C=O) groups is 2. The van der Waals surface area contributed by atoms with Crippen molar-refractivity contribution in [2.24, 2.45) is 0 Å². The molecule has 2 aliphatic rings. The number of anilines is 1. The number of carbonyl (C=O) groups excluding carboxylic acids is 2. The van der Waals surface area contributed by atoms with Crippen LogP contribution in [0.3, 0.4) is 0 Å². The number of amides is 1. The Balaban J connectivity index is 1.73. The van der Waals surface area contributed by atoms with Gasteiger partial charge in [0, 0.05) is 24.1 Å². The molecule has 1 unspecified atom stereocenters. The Hall–Kier alpha value is -4.40. The Labute approximate surface area is 187 Å². The van der Waals surface area contributed by atoms with E-state index in [2.05, 4.69) is 4.98 Å². The monoisotopic (exact) mass is 448 g/mol. The van der Waals surface area contributed by atoms with Crippen molar-refractivity contribution in [2.45, 2.75) is 6.04 Å². The minimum Gasteiger partial charge on any atom is -0.507 e. The summed E-state index contributed by atoms with van der Waals surface area (Å²) in [4.78, 5) is 31.7. The van der Waals surface area contributed by atoms with Crippen molar-refractivity contribution in [3.8, 4) is 17.2 Å². The summed E-state index contributed by atoms with van der Waals surface area (Å²) in [7, 11) is 1.35. The van der Waals surface area contributed by atoms with Crippen LogP contribution in [-0.2, 0) is 9.59 Å². The molecule has 1 amide bonds. The molecule has 9 heteroatoms. The lowest BCUT2D eigenvalue weighted by atomic mass is 9.95. The molecule has 1 N–H and O–H groups in total. The van der Waals surface area contributed by atoms with Gasteiger partial charge in [-0.1, -0.05) is 6.07 Å². The van der Waals surface area contributed by atoms with E-state index in [1.54, 1.807) is 36.5 Å². The molecule has 3 aromatic rings. The Bertz CT molecular complexity index is 1310. The number of aromatic nitrogens is 1. The number of benzene rings is 2. The van der Waals surface area contributed by atoms with Gasteiger partial charge in [-0.15, -0.1) is 0 Å². The van der Waals surface area contributed by atoms with Gasteiger partial charge in [0.1, 0.15) is 17.3 Å². The Morgan fingerprint density at radius 1 is 1.15 bits per heavy atom. The molecule has 33 heavy (non-hydrogen) atoms. The van der Waals surface area contributed by atoms with Gasteiger partial charge < -0.3 is 19.3 Å². The lowest BCUT2D eigenvalue weighted by Crippen LogP contribution is -2.29. The van der Waals surface area contributed by atoms with Crippen molar-refractivity contribution < 1.29 is 33.3 Å². The second kappa shape index (κ2) is 7.94. The van der Waals surface area contributed by atoms with E-state index < -0.39 is 29.3 Å². The summed E-state index contributed by atoms with van der Waals surface area (Å²) in [5.74, 6) is -1.90. The predicted molar refractivity (Wildman–Crippen MR) is 115 cm³/mol. The molecule has 2 aromatic carbocycles. The standard InChI is InChI=1S/C24H17FN2O6/c1-31-17-6-4-14(25)9-16(17)22(28)20-21(13-3-2-8-26-11-13)27(24(30)23(20)29)15-5-7-18-19(10-15)33-12-32-18/h2-11,21,28H,12H2,1H3/b22-20+. The molecule has 0 bridgehead atoms. The second-order valence-corrected chi connectivity index (χ2v) is 7.34. The molecular formula is C24H17FN2O6. The van der Waals surface area contributed by atoms with E-state index >= 15 is 0 Å². The molecule has 8 nitrogen and oxygen atoms in total. The van der Waals surface area contributed by atoms with E-state index in [1.165, 1.54) is 30.3 Å². The minimum absolute atomic E-state index is 0.0446. The summed E-state index contributed by atoms with van der Waals surface area (Å²) in [6.07, 6.45) is 3.04. The summed E-state index contributed by atoms with van der Waals surface area (Å²) in [6, 6.07) is 10.7. The number of halogens is 1. The fraction of sp³-hybridized carbons (Fsp3) is 0.125. The molecule has 3 heterocycles. The first-order valence-electron chi connectivity index (χ1n) is 9.94. The van der Waals surface area contributed by atoms with Crippen LogP contribution in [0.25, 0.3) is 5.76 Å². The molecule has 5 rings (SSSR count). The number of hydrogen-bond donors (Lipinski definition) is 1. The summed E-state index contributed by atoms with van der Waals surface area (Å²) < 4.78 is 30.0. The fourth-order valence-electron chi connectivity index (χ4n) is 4.00. The quantitative estimate of drug-likeness (QED) is 0.370. The fourth-order valence-corrected chi connectivity index (χ4v) is 4.00. The van der Waals surface area contributed by atoms with Gasteiger partial charge in [-0.3, -0.25) is 19.5 Å². The lowest BCUT2D eigenvalue weighted by Gasteiger charge is -2.25. The van der Waals surface area contributed by atoms with E-state index in [4.69, 9.17) is 14.2 Å². The van der Waals surface area contributed by atoms with Gasteiger partial charge >= 0.3 is 0 Å². The number of ether oxygens (including phenoxy) is 3. The Kier molecular flexibility index (Phi) is 4.93. The van der Waals surface area contributed by atoms with Gasteiger partial charge in [0.2, 0.25) is 6.79 Å². The molecule has 1 aromatic heterocycles. The van der Waals surface area contributed by atoms with Gasteiger partial charge in [0.25, 0.3) is 11.7 Å². The van der Waals surface area contributed by atoms with Crippen LogP contribution in [0, 0.1) is 5.82 Å². The van der Waals surface area contributed by atoms with Crippen molar-refractivity contribution in [2.75, 3.05) is 18.8 Å². The van der Waals surface area contributed by atoms with Crippen LogP contribution in [0.5, 0.6) is 17.2 Å².